The monoisotopic (exact) mass is 240 g/mol. The lowest BCUT2D eigenvalue weighted by molar-refractivity contribution is -0.147. The number of carbonyl (C=O) groups is 1. The number of aliphatic carboxylic acids is 1. The molecule has 92 valence electrons. The van der Waals surface area contributed by atoms with Gasteiger partial charge in [-0.25, -0.2) is 9.78 Å². The molecule has 2 atom stereocenters. The van der Waals surface area contributed by atoms with Crippen LogP contribution in [0, 0.1) is 0 Å². The maximum absolute atomic E-state index is 10.7. The van der Waals surface area contributed by atoms with E-state index in [-0.39, 0.29) is 18.7 Å². The van der Waals surface area contributed by atoms with Crippen LogP contribution in [0.25, 0.3) is 0 Å². The summed E-state index contributed by atoms with van der Waals surface area (Å²) in [7, 11) is 1.46. The van der Waals surface area contributed by atoms with Gasteiger partial charge in [-0.15, -0.1) is 0 Å². The molecule has 2 unspecified atom stereocenters. The summed E-state index contributed by atoms with van der Waals surface area (Å²) in [5.41, 5.74) is 0. The van der Waals surface area contributed by atoms with Crippen molar-refractivity contribution in [2.75, 3.05) is 13.7 Å². The summed E-state index contributed by atoms with van der Waals surface area (Å²) in [4.78, 5) is 18.5. The summed E-state index contributed by atoms with van der Waals surface area (Å²) in [5.74, 6) is -0.632. The smallest absolute Gasteiger partial charge is 0.332 e. The number of methoxy groups -OCH3 is 1. The van der Waals surface area contributed by atoms with Gasteiger partial charge < -0.3 is 19.3 Å². The van der Waals surface area contributed by atoms with E-state index in [0.717, 1.165) is 0 Å². The molecule has 0 aromatic carbocycles. The molecule has 7 heteroatoms. The van der Waals surface area contributed by atoms with E-state index in [0.29, 0.717) is 12.3 Å². The summed E-state index contributed by atoms with van der Waals surface area (Å²) in [6, 6.07) is 1.78. The van der Waals surface area contributed by atoms with Crippen molar-refractivity contribution in [1.29, 1.82) is 0 Å². The van der Waals surface area contributed by atoms with Crippen molar-refractivity contribution in [3.8, 4) is 11.9 Å². The summed E-state index contributed by atoms with van der Waals surface area (Å²) in [6.07, 6.45) is 0.701. The Hall–Kier alpha value is -1.89. The molecule has 0 radical (unpaired) electrons. The fourth-order valence-electron chi connectivity index (χ4n) is 1.51. The van der Waals surface area contributed by atoms with Gasteiger partial charge in [0, 0.05) is 18.7 Å². The highest BCUT2D eigenvalue weighted by atomic mass is 16.6. The van der Waals surface area contributed by atoms with Crippen molar-refractivity contribution in [1.82, 2.24) is 9.97 Å². The topological polar surface area (TPSA) is 90.8 Å². The van der Waals surface area contributed by atoms with Gasteiger partial charge in [-0.05, 0) is 0 Å². The molecule has 0 amide bonds. The molecule has 0 spiro atoms. The minimum atomic E-state index is -0.976. The molecular formula is C10H12N2O5. The third-order valence-electron chi connectivity index (χ3n) is 2.31. The zero-order valence-electron chi connectivity index (χ0n) is 9.20. The van der Waals surface area contributed by atoms with Gasteiger partial charge in [0.25, 0.3) is 0 Å². The molecule has 2 rings (SSSR count). The molecule has 0 aliphatic carbocycles. The number of carboxylic acids is 1. The van der Waals surface area contributed by atoms with Crippen molar-refractivity contribution >= 4 is 5.97 Å². The van der Waals surface area contributed by atoms with Crippen LogP contribution in [0.15, 0.2) is 12.3 Å². The average Bonchev–Trinajstić information content (AvgIpc) is 2.78. The zero-order valence-corrected chi connectivity index (χ0v) is 9.20. The summed E-state index contributed by atoms with van der Waals surface area (Å²) in [5, 5.41) is 8.75. The summed E-state index contributed by atoms with van der Waals surface area (Å²) >= 11 is 0. The maximum Gasteiger partial charge on any atom is 0.332 e. The van der Waals surface area contributed by atoms with Crippen molar-refractivity contribution in [3.05, 3.63) is 12.3 Å². The lowest BCUT2D eigenvalue weighted by Gasteiger charge is -2.10. The van der Waals surface area contributed by atoms with Gasteiger partial charge in [-0.1, -0.05) is 0 Å². The molecule has 1 aliphatic heterocycles. The van der Waals surface area contributed by atoms with Crippen molar-refractivity contribution in [2.24, 2.45) is 0 Å². The van der Waals surface area contributed by atoms with Crippen LogP contribution in [0.2, 0.25) is 0 Å². The SMILES string of the molecule is COc1nccc(OC2COC(C(=O)O)C2)n1. The molecule has 1 saturated heterocycles. The van der Waals surface area contributed by atoms with Crippen LogP contribution in [0.3, 0.4) is 0 Å². The lowest BCUT2D eigenvalue weighted by Crippen LogP contribution is -2.21. The molecule has 1 aliphatic rings. The number of ether oxygens (including phenoxy) is 3. The van der Waals surface area contributed by atoms with Gasteiger partial charge in [0.15, 0.2) is 6.10 Å². The molecule has 0 bridgehead atoms. The van der Waals surface area contributed by atoms with Crippen LogP contribution < -0.4 is 9.47 Å². The van der Waals surface area contributed by atoms with Gasteiger partial charge >= 0.3 is 12.0 Å². The van der Waals surface area contributed by atoms with Crippen LogP contribution in [0.5, 0.6) is 11.9 Å². The number of rotatable bonds is 4. The van der Waals surface area contributed by atoms with Gasteiger partial charge in [-0.2, -0.15) is 4.98 Å². The molecule has 7 nitrogen and oxygen atoms in total. The molecule has 2 heterocycles. The number of carboxylic acid groups (broad SMARTS) is 1. The minimum Gasteiger partial charge on any atom is -0.479 e. The molecular weight excluding hydrogens is 228 g/mol. The predicted octanol–water partition coefficient (Wildman–Crippen LogP) is 0.106. The van der Waals surface area contributed by atoms with Gasteiger partial charge in [0.1, 0.15) is 6.10 Å². The van der Waals surface area contributed by atoms with Crippen molar-refractivity contribution < 1.29 is 24.1 Å². The van der Waals surface area contributed by atoms with Crippen LogP contribution >= 0.6 is 0 Å². The van der Waals surface area contributed by atoms with E-state index in [2.05, 4.69) is 9.97 Å². The zero-order chi connectivity index (χ0) is 12.3. The first-order chi connectivity index (χ1) is 8.19. The average molecular weight is 240 g/mol. The molecule has 1 N–H and O–H groups in total. The number of hydrogen-bond acceptors (Lipinski definition) is 6. The Kier molecular flexibility index (Phi) is 3.38. The predicted molar refractivity (Wildman–Crippen MR) is 55.0 cm³/mol. The minimum absolute atomic E-state index is 0.205. The van der Waals surface area contributed by atoms with E-state index >= 15 is 0 Å². The normalized spacial score (nSPS) is 23.4. The summed E-state index contributed by atoms with van der Waals surface area (Å²) in [6.45, 7) is 0.239. The fourth-order valence-corrected chi connectivity index (χ4v) is 1.51. The Labute approximate surface area is 97.4 Å². The highest BCUT2D eigenvalue weighted by molar-refractivity contribution is 5.72. The standard InChI is InChI=1S/C10H12N2O5/c1-15-10-11-3-2-8(12-10)17-6-4-7(9(13)14)16-5-6/h2-3,6-7H,4-5H2,1H3,(H,13,14). The van der Waals surface area contributed by atoms with Crippen molar-refractivity contribution in [2.45, 2.75) is 18.6 Å². The quantitative estimate of drug-likeness (QED) is 0.798. The van der Waals surface area contributed by atoms with E-state index in [1.54, 1.807) is 6.07 Å². The Morgan fingerprint density at radius 3 is 3.12 bits per heavy atom. The third-order valence-corrected chi connectivity index (χ3v) is 2.31. The van der Waals surface area contributed by atoms with Crippen LogP contribution in [0.4, 0.5) is 0 Å². The first-order valence-corrected chi connectivity index (χ1v) is 5.07. The van der Waals surface area contributed by atoms with E-state index < -0.39 is 12.1 Å². The molecule has 1 fully saturated rings. The number of hydrogen-bond donors (Lipinski definition) is 1. The first kappa shape index (κ1) is 11.6. The van der Waals surface area contributed by atoms with Crippen LogP contribution in [-0.2, 0) is 9.53 Å². The van der Waals surface area contributed by atoms with Gasteiger partial charge in [0.2, 0.25) is 5.88 Å². The maximum atomic E-state index is 10.7. The van der Waals surface area contributed by atoms with Gasteiger partial charge in [-0.3, -0.25) is 0 Å². The number of aromatic nitrogens is 2. The molecule has 0 saturated carbocycles. The second-order valence-electron chi connectivity index (χ2n) is 3.52. The highest BCUT2D eigenvalue weighted by Crippen LogP contribution is 2.19. The summed E-state index contributed by atoms with van der Waals surface area (Å²) < 4.78 is 15.4. The fraction of sp³-hybridized carbons (Fsp3) is 0.500. The Morgan fingerprint density at radius 1 is 1.65 bits per heavy atom. The number of nitrogens with zero attached hydrogens (tertiary/aromatic N) is 2. The van der Waals surface area contributed by atoms with Crippen LogP contribution in [-0.4, -0.2) is 47.0 Å². The second-order valence-corrected chi connectivity index (χ2v) is 3.52. The lowest BCUT2D eigenvalue weighted by atomic mass is 10.2. The Balaban J connectivity index is 1.95. The van der Waals surface area contributed by atoms with Crippen molar-refractivity contribution in [3.63, 3.8) is 0 Å². The Bertz CT molecular complexity index is 411. The highest BCUT2D eigenvalue weighted by Gasteiger charge is 2.32. The van der Waals surface area contributed by atoms with E-state index in [1.165, 1.54) is 13.3 Å². The second kappa shape index (κ2) is 4.96. The Morgan fingerprint density at radius 2 is 2.47 bits per heavy atom. The van der Waals surface area contributed by atoms with E-state index in [1.807, 2.05) is 0 Å². The van der Waals surface area contributed by atoms with Gasteiger partial charge in [0.05, 0.1) is 13.7 Å². The first-order valence-electron chi connectivity index (χ1n) is 5.07. The molecule has 1 aromatic rings. The molecule has 17 heavy (non-hydrogen) atoms. The largest absolute Gasteiger partial charge is 0.479 e. The molecule has 1 aromatic heterocycles. The van der Waals surface area contributed by atoms with Crippen LogP contribution in [0.1, 0.15) is 6.42 Å². The van der Waals surface area contributed by atoms with E-state index in [4.69, 9.17) is 19.3 Å². The van der Waals surface area contributed by atoms with E-state index in [9.17, 15) is 4.79 Å². The third kappa shape index (κ3) is 2.82.